The van der Waals surface area contributed by atoms with Gasteiger partial charge in [-0.3, -0.25) is 9.52 Å². The average molecular weight is 404 g/mol. The highest BCUT2D eigenvalue weighted by molar-refractivity contribution is 9.10. The Balaban J connectivity index is 2.19. The van der Waals surface area contributed by atoms with Crippen LogP contribution in [-0.4, -0.2) is 20.6 Å². The Morgan fingerprint density at radius 3 is 2.50 bits per heavy atom. The van der Waals surface area contributed by atoms with Gasteiger partial charge in [0.15, 0.2) is 0 Å². The van der Waals surface area contributed by atoms with Crippen LogP contribution < -0.4 is 10.0 Å². The second kappa shape index (κ2) is 6.68. The summed E-state index contributed by atoms with van der Waals surface area (Å²) in [4.78, 5) is 12.2. The number of halogens is 2. The lowest BCUT2D eigenvalue weighted by atomic mass is 10.2. The summed E-state index contributed by atoms with van der Waals surface area (Å²) < 4.78 is 25.5. The van der Waals surface area contributed by atoms with Crippen molar-refractivity contribution < 1.29 is 13.2 Å². The Morgan fingerprint density at radius 2 is 1.86 bits per heavy atom. The fourth-order valence-corrected chi connectivity index (χ4v) is 2.70. The molecule has 5 nitrogen and oxygen atoms in total. The summed E-state index contributed by atoms with van der Waals surface area (Å²) >= 11 is 9.23. The van der Waals surface area contributed by atoms with Gasteiger partial charge in [0.25, 0.3) is 5.91 Å². The molecule has 0 aromatic heterocycles. The lowest BCUT2D eigenvalue weighted by Crippen LogP contribution is -2.13. The smallest absolute Gasteiger partial charge is 0.255 e. The molecule has 0 unspecified atom stereocenters. The van der Waals surface area contributed by atoms with Crippen molar-refractivity contribution in [1.29, 1.82) is 0 Å². The third kappa shape index (κ3) is 4.72. The number of nitrogens with one attached hydrogen (secondary N) is 2. The van der Waals surface area contributed by atoms with Gasteiger partial charge in [-0.15, -0.1) is 0 Å². The molecule has 0 aliphatic carbocycles. The minimum absolute atomic E-state index is 0.323. The van der Waals surface area contributed by atoms with Gasteiger partial charge >= 0.3 is 0 Å². The van der Waals surface area contributed by atoms with Crippen LogP contribution in [-0.2, 0) is 10.0 Å². The molecule has 8 heteroatoms. The highest BCUT2D eigenvalue weighted by Gasteiger charge is 2.09. The van der Waals surface area contributed by atoms with E-state index < -0.39 is 10.0 Å². The SMILES string of the molecule is CS(=O)(=O)Nc1cccc(C(=O)Nc2ccc(Br)c(Cl)c2)c1. The van der Waals surface area contributed by atoms with Crippen LogP contribution in [0.15, 0.2) is 46.9 Å². The van der Waals surface area contributed by atoms with Crippen molar-refractivity contribution in [3.05, 3.63) is 57.5 Å². The Kier molecular flexibility index (Phi) is 5.10. The lowest BCUT2D eigenvalue weighted by Gasteiger charge is -2.08. The quantitative estimate of drug-likeness (QED) is 0.817. The topological polar surface area (TPSA) is 75.3 Å². The van der Waals surface area contributed by atoms with Gasteiger partial charge < -0.3 is 5.32 Å². The van der Waals surface area contributed by atoms with Gasteiger partial charge in [0, 0.05) is 21.4 Å². The second-order valence-corrected chi connectivity index (χ2v) is 7.55. The van der Waals surface area contributed by atoms with E-state index in [1.54, 1.807) is 36.4 Å². The average Bonchev–Trinajstić information content (AvgIpc) is 2.41. The van der Waals surface area contributed by atoms with Crippen molar-refractivity contribution in [2.75, 3.05) is 16.3 Å². The molecule has 1 amide bonds. The Morgan fingerprint density at radius 1 is 1.14 bits per heavy atom. The Bertz CT molecular complexity index is 825. The number of benzene rings is 2. The first kappa shape index (κ1) is 16.8. The first-order valence-electron chi connectivity index (χ1n) is 6.09. The molecule has 0 aliphatic rings. The molecule has 0 saturated carbocycles. The second-order valence-electron chi connectivity index (χ2n) is 4.54. The van der Waals surface area contributed by atoms with E-state index in [2.05, 4.69) is 26.0 Å². The predicted molar refractivity (Wildman–Crippen MR) is 92.0 cm³/mol. The highest BCUT2D eigenvalue weighted by atomic mass is 79.9. The highest BCUT2D eigenvalue weighted by Crippen LogP contribution is 2.26. The van der Waals surface area contributed by atoms with Gasteiger partial charge in [-0.2, -0.15) is 0 Å². The van der Waals surface area contributed by atoms with Gasteiger partial charge in [0.2, 0.25) is 10.0 Å². The van der Waals surface area contributed by atoms with Crippen LogP contribution >= 0.6 is 27.5 Å². The molecule has 2 rings (SSSR count). The number of amides is 1. The fourth-order valence-electron chi connectivity index (χ4n) is 1.72. The normalized spacial score (nSPS) is 11.0. The summed E-state index contributed by atoms with van der Waals surface area (Å²) in [5.41, 5.74) is 1.19. The molecule has 0 aliphatic heterocycles. The molecule has 2 N–H and O–H groups in total. The zero-order chi connectivity index (χ0) is 16.3. The maximum absolute atomic E-state index is 12.2. The predicted octanol–water partition coefficient (Wildman–Crippen LogP) is 3.73. The first-order chi connectivity index (χ1) is 10.2. The van der Waals surface area contributed by atoms with Gasteiger partial charge in [0.05, 0.1) is 11.3 Å². The van der Waals surface area contributed by atoms with Crippen molar-refractivity contribution in [1.82, 2.24) is 0 Å². The van der Waals surface area contributed by atoms with E-state index >= 15 is 0 Å². The molecule has 0 heterocycles. The van der Waals surface area contributed by atoms with Crippen molar-refractivity contribution in [3.8, 4) is 0 Å². The van der Waals surface area contributed by atoms with Gasteiger partial charge in [-0.05, 0) is 52.3 Å². The molecule has 0 bridgehead atoms. The summed E-state index contributed by atoms with van der Waals surface area (Å²) in [6, 6.07) is 11.2. The molecule has 2 aromatic rings. The molecular formula is C14H12BrClN2O3S. The van der Waals surface area contributed by atoms with Crippen LogP contribution in [0.3, 0.4) is 0 Å². The molecule has 0 saturated heterocycles. The standard InChI is InChI=1S/C14H12BrClN2O3S/c1-22(20,21)18-11-4-2-3-9(7-11)14(19)17-10-5-6-12(15)13(16)8-10/h2-8,18H,1H3,(H,17,19). The van der Waals surface area contributed by atoms with Crippen LogP contribution in [0.25, 0.3) is 0 Å². The molecule has 116 valence electrons. The fraction of sp³-hybridized carbons (Fsp3) is 0.0714. The number of sulfonamides is 1. The first-order valence-corrected chi connectivity index (χ1v) is 9.15. The van der Waals surface area contributed by atoms with Gasteiger partial charge in [-0.25, -0.2) is 8.42 Å². The van der Waals surface area contributed by atoms with Crippen molar-refractivity contribution in [3.63, 3.8) is 0 Å². The summed E-state index contributed by atoms with van der Waals surface area (Å²) in [7, 11) is -3.39. The monoisotopic (exact) mass is 402 g/mol. The van der Waals surface area contributed by atoms with Gasteiger partial charge in [-0.1, -0.05) is 17.7 Å². The van der Waals surface area contributed by atoms with E-state index in [0.717, 1.165) is 10.7 Å². The third-order valence-corrected chi connectivity index (χ3v) is 4.44. The van der Waals surface area contributed by atoms with Crippen molar-refractivity contribution in [2.24, 2.45) is 0 Å². The number of hydrogen-bond donors (Lipinski definition) is 2. The number of carbonyl (C=O) groups is 1. The summed E-state index contributed by atoms with van der Waals surface area (Å²) in [6.45, 7) is 0. The molecule has 22 heavy (non-hydrogen) atoms. The van der Waals surface area contributed by atoms with E-state index in [1.165, 1.54) is 6.07 Å². The third-order valence-electron chi connectivity index (χ3n) is 2.61. The minimum Gasteiger partial charge on any atom is -0.322 e. The maximum atomic E-state index is 12.2. The molecule has 0 fully saturated rings. The van der Waals surface area contributed by atoms with E-state index in [4.69, 9.17) is 11.6 Å². The Hall–Kier alpha value is -1.57. The van der Waals surface area contributed by atoms with Crippen LogP contribution in [0, 0.1) is 0 Å². The van der Waals surface area contributed by atoms with Crippen molar-refractivity contribution in [2.45, 2.75) is 0 Å². The molecule has 0 radical (unpaired) electrons. The largest absolute Gasteiger partial charge is 0.322 e. The number of anilines is 2. The van der Waals surface area contributed by atoms with Gasteiger partial charge in [0.1, 0.15) is 0 Å². The number of carbonyl (C=O) groups excluding carboxylic acids is 1. The van der Waals surface area contributed by atoms with Crippen LogP contribution in [0.5, 0.6) is 0 Å². The van der Waals surface area contributed by atoms with E-state index in [0.29, 0.717) is 22.0 Å². The minimum atomic E-state index is -3.39. The lowest BCUT2D eigenvalue weighted by molar-refractivity contribution is 0.102. The van der Waals surface area contributed by atoms with E-state index in [9.17, 15) is 13.2 Å². The zero-order valence-corrected chi connectivity index (χ0v) is 14.6. The maximum Gasteiger partial charge on any atom is 0.255 e. The molecule has 0 atom stereocenters. The number of hydrogen-bond acceptors (Lipinski definition) is 3. The zero-order valence-electron chi connectivity index (χ0n) is 11.4. The molecule has 2 aromatic carbocycles. The Labute approximate surface area is 141 Å². The van der Waals surface area contributed by atoms with E-state index in [1.807, 2.05) is 0 Å². The van der Waals surface area contributed by atoms with Crippen LogP contribution in [0.4, 0.5) is 11.4 Å². The summed E-state index contributed by atoms with van der Waals surface area (Å²) in [5, 5.41) is 3.17. The van der Waals surface area contributed by atoms with Crippen LogP contribution in [0.2, 0.25) is 5.02 Å². The van der Waals surface area contributed by atoms with E-state index in [-0.39, 0.29) is 5.91 Å². The summed E-state index contributed by atoms with van der Waals surface area (Å²) in [6.07, 6.45) is 1.05. The molecule has 0 spiro atoms. The molecular weight excluding hydrogens is 392 g/mol. The van der Waals surface area contributed by atoms with Crippen molar-refractivity contribution >= 4 is 54.8 Å². The number of rotatable bonds is 4. The summed E-state index contributed by atoms with van der Waals surface area (Å²) in [5.74, 6) is -0.365. The van der Waals surface area contributed by atoms with Crippen LogP contribution in [0.1, 0.15) is 10.4 Å².